The van der Waals surface area contributed by atoms with E-state index in [0.717, 1.165) is 4.90 Å². The molecule has 10 nitrogen and oxygen atoms in total. The van der Waals surface area contributed by atoms with E-state index in [-0.39, 0.29) is 18.0 Å². The van der Waals surface area contributed by atoms with Crippen molar-refractivity contribution in [2.24, 2.45) is 0 Å². The highest BCUT2D eigenvalue weighted by molar-refractivity contribution is 7.89. The van der Waals surface area contributed by atoms with E-state index in [2.05, 4.69) is 4.72 Å². The van der Waals surface area contributed by atoms with Gasteiger partial charge in [-0.3, -0.25) is 19.3 Å². The lowest BCUT2D eigenvalue weighted by atomic mass is 10.1. The number of hydrogen-bond donors (Lipinski definition) is 1. The number of nitrogens with one attached hydrogen (secondary N) is 1. The number of carbonyl (C=O) groups is 3. The van der Waals surface area contributed by atoms with E-state index in [1.807, 2.05) is 0 Å². The van der Waals surface area contributed by atoms with Gasteiger partial charge in [-0.25, -0.2) is 8.42 Å². The van der Waals surface area contributed by atoms with Crippen molar-refractivity contribution in [3.8, 4) is 11.5 Å². The van der Waals surface area contributed by atoms with Crippen LogP contribution in [-0.2, 0) is 19.6 Å². The lowest BCUT2D eigenvalue weighted by Gasteiger charge is -2.14. The number of nitrogens with zero attached hydrogens (tertiary/aromatic N) is 1. The summed E-state index contributed by atoms with van der Waals surface area (Å²) < 4.78 is 43.1. The van der Waals surface area contributed by atoms with Crippen LogP contribution in [0.3, 0.4) is 0 Å². The lowest BCUT2D eigenvalue weighted by molar-refractivity contribution is -0.142. The predicted molar refractivity (Wildman–Crippen MR) is 110 cm³/mol. The monoisotopic (exact) mass is 460 g/mol. The van der Waals surface area contributed by atoms with Crippen molar-refractivity contribution in [1.82, 2.24) is 9.62 Å². The maximum Gasteiger partial charge on any atom is 0.321 e. The van der Waals surface area contributed by atoms with Crippen LogP contribution in [0.5, 0.6) is 11.5 Å². The summed E-state index contributed by atoms with van der Waals surface area (Å²) in [5.41, 5.74) is 0.596. The van der Waals surface area contributed by atoms with Crippen molar-refractivity contribution >= 4 is 27.8 Å². The van der Waals surface area contributed by atoms with E-state index in [9.17, 15) is 22.8 Å². The number of hydrogen-bond acceptors (Lipinski definition) is 8. The van der Waals surface area contributed by atoms with Crippen LogP contribution in [0.1, 0.15) is 27.1 Å². The topological polar surface area (TPSA) is 128 Å². The Kier molecular flexibility index (Phi) is 6.10. The van der Waals surface area contributed by atoms with E-state index in [1.54, 1.807) is 24.3 Å². The maximum atomic E-state index is 12.5. The standard InChI is InChI=1S/C21H20N2O8S/c24-19(31-11-8-23-20(25)15-4-1-2-5-16(15)21(23)26)13-22-32(27,28)14-6-7-17-18(12-14)30-10-3-9-29-17/h1-2,4-7,12,22H,3,8-11,13H2. The summed E-state index contributed by atoms with van der Waals surface area (Å²) in [7, 11) is -4.00. The first kappa shape index (κ1) is 21.8. The quantitative estimate of drug-likeness (QED) is 0.478. The average Bonchev–Trinajstić information content (AvgIpc) is 2.94. The van der Waals surface area contributed by atoms with Crippen LogP contribution >= 0.6 is 0 Å². The van der Waals surface area contributed by atoms with E-state index >= 15 is 0 Å². The van der Waals surface area contributed by atoms with Crippen LogP contribution in [-0.4, -0.2) is 64.0 Å². The SMILES string of the molecule is O=C(CNS(=O)(=O)c1ccc2c(c1)OCCCO2)OCCN1C(=O)c2ccccc2C1=O. The molecule has 1 N–H and O–H groups in total. The molecule has 0 spiro atoms. The lowest BCUT2D eigenvalue weighted by Crippen LogP contribution is -2.35. The van der Waals surface area contributed by atoms with Gasteiger partial charge >= 0.3 is 5.97 Å². The second-order valence-corrected chi connectivity index (χ2v) is 8.78. The Labute approximate surface area is 184 Å². The highest BCUT2D eigenvalue weighted by Gasteiger charge is 2.34. The van der Waals surface area contributed by atoms with Crippen molar-refractivity contribution in [2.45, 2.75) is 11.3 Å². The summed E-state index contributed by atoms with van der Waals surface area (Å²) in [6.45, 7) is -0.116. The summed E-state index contributed by atoms with van der Waals surface area (Å²) in [5, 5.41) is 0. The van der Waals surface area contributed by atoms with Gasteiger partial charge in [0.15, 0.2) is 11.5 Å². The molecule has 0 bridgehead atoms. The third-order valence-electron chi connectivity index (χ3n) is 4.89. The van der Waals surface area contributed by atoms with Crippen molar-refractivity contribution in [3.63, 3.8) is 0 Å². The molecule has 0 radical (unpaired) electrons. The summed E-state index contributed by atoms with van der Waals surface area (Å²) in [4.78, 5) is 37.4. The average molecular weight is 460 g/mol. The highest BCUT2D eigenvalue weighted by Crippen LogP contribution is 2.31. The number of imide groups is 1. The van der Waals surface area contributed by atoms with Gasteiger partial charge in [-0.15, -0.1) is 0 Å². The van der Waals surface area contributed by atoms with E-state index < -0.39 is 34.4 Å². The van der Waals surface area contributed by atoms with Gasteiger partial charge in [0.2, 0.25) is 10.0 Å². The molecule has 0 saturated carbocycles. The van der Waals surface area contributed by atoms with Crippen molar-refractivity contribution in [3.05, 3.63) is 53.6 Å². The summed E-state index contributed by atoms with van der Waals surface area (Å²) >= 11 is 0. The molecule has 32 heavy (non-hydrogen) atoms. The van der Waals surface area contributed by atoms with Gasteiger partial charge in [-0.05, 0) is 24.3 Å². The first-order chi connectivity index (χ1) is 15.4. The van der Waals surface area contributed by atoms with E-state index in [4.69, 9.17) is 14.2 Å². The molecule has 11 heteroatoms. The molecule has 0 saturated heterocycles. The molecule has 2 heterocycles. The Morgan fingerprint density at radius 3 is 2.34 bits per heavy atom. The molecule has 2 aromatic carbocycles. The van der Waals surface area contributed by atoms with E-state index in [0.29, 0.717) is 42.3 Å². The number of amides is 2. The van der Waals surface area contributed by atoms with Gasteiger partial charge in [0.1, 0.15) is 13.2 Å². The molecule has 0 aliphatic carbocycles. The van der Waals surface area contributed by atoms with Gasteiger partial charge in [-0.2, -0.15) is 4.72 Å². The second kappa shape index (κ2) is 8.97. The normalized spacial score (nSPS) is 15.3. The first-order valence-corrected chi connectivity index (χ1v) is 11.4. The summed E-state index contributed by atoms with van der Waals surface area (Å²) in [6.07, 6.45) is 0.682. The molecule has 2 aromatic rings. The number of fused-ring (bicyclic) bond motifs is 2. The van der Waals surface area contributed by atoms with Gasteiger partial charge in [0.05, 0.1) is 35.8 Å². The van der Waals surface area contributed by atoms with Crippen LogP contribution < -0.4 is 14.2 Å². The molecule has 0 aromatic heterocycles. The molecule has 2 amide bonds. The Morgan fingerprint density at radius 2 is 1.66 bits per heavy atom. The van der Waals surface area contributed by atoms with Crippen molar-refractivity contribution < 1.29 is 37.0 Å². The van der Waals surface area contributed by atoms with Gasteiger partial charge in [0, 0.05) is 12.5 Å². The van der Waals surface area contributed by atoms with Crippen LogP contribution in [0.25, 0.3) is 0 Å². The van der Waals surface area contributed by atoms with Crippen molar-refractivity contribution in [1.29, 1.82) is 0 Å². The smallest absolute Gasteiger partial charge is 0.321 e. The minimum absolute atomic E-state index is 0.0828. The fourth-order valence-corrected chi connectivity index (χ4v) is 4.28. The van der Waals surface area contributed by atoms with Crippen LogP contribution in [0, 0.1) is 0 Å². The Hall–Kier alpha value is -3.44. The van der Waals surface area contributed by atoms with Crippen molar-refractivity contribution in [2.75, 3.05) is 32.9 Å². The van der Waals surface area contributed by atoms with Gasteiger partial charge < -0.3 is 14.2 Å². The minimum Gasteiger partial charge on any atom is -0.490 e. The summed E-state index contributed by atoms with van der Waals surface area (Å²) in [6, 6.07) is 10.6. The second-order valence-electron chi connectivity index (χ2n) is 7.01. The van der Waals surface area contributed by atoms with Gasteiger partial charge in [-0.1, -0.05) is 12.1 Å². The summed E-state index contributed by atoms with van der Waals surface area (Å²) in [5.74, 6) is -1.00. The molecule has 0 atom stereocenters. The molecular formula is C21H20N2O8S. The Morgan fingerprint density at radius 1 is 1.00 bits per heavy atom. The molecule has 2 aliphatic heterocycles. The molecule has 2 aliphatic rings. The first-order valence-electron chi connectivity index (χ1n) is 9.87. The largest absolute Gasteiger partial charge is 0.490 e. The van der Waals surface area contributed by atoms with Crippen LogP contribution in [0.2, 0.25) is 0 Å². The third-order valence-corrected chi connectivity index (χ3v) is 6.29. The molecule has 0 unspecified atom stereocenters. The zero-order valence-electron chi connectivity index (χ0n) is 16.9. The number of carbonyl (C=O) groups excluding carboxylic acids is 3. The third kappa shape index (κ3) is 4.43. The van der Waals surface area contributed by atoms with Gasteiger partial charge in [0.25, 0.3) is 11.8 Å². The number of esters is 1. The molecular weight excluding hydrogens is 440 g/mol. The molecule has 168 valence electrons. The maximum absolute atomic E-state index is 12.5. The molecule has 0 fully saturated rings. The Bertz CT molecular complexity index is 1140. The predicted octanol–water partition coefficient (Wildman–Crippen LogP) is 0.966. The van der Waals surface area contributed by atoms with E-state index in [1.165, 1.54) is 18.2 Å². The number of ether oxygens (including phenoxy) is 3. The fourth-order valence-electron chi connectivity index (χ4n) is 3.29. The van der Waals surface area contributed by atoms with Crippen LogP contribution in [0.15, 0.2) is 47.4 Å². The Balaban J connectivity index is 1.28. The van der Waals surface area contributed by atoms with Crippen LogP contribution in [0.4, 0.5) is 0 Å². The highest BCUT2D eigenvalue weighted by atomic mass is 32.2. The number of rotatable bonds is 7. The fraction of sp³-hybridized carbons (Fsp3) is 0.286. The molecule has 4 rings (SSSR count). The zero-order chi connectivity index (χ0) is 22.7. The number of benzene rings is 2. The zero-order valence-corrected chi connectivity index (χ0v) is 17.7. The minimum atomic E-state index is -4.00. The number of sulfonamides is 1.